The van der Waals surface area contributed by atoms with Crippen molar-refractivity contribution in [2.24, 2.45) is 0 Å². The number of nitrogens with zero attached hydrogens (tertiary/aromatic N) is 1. The van der Waals surface area contributed by atoms with Crippen LogP contribution in [0.25, 0.3) is 5.76 Å². The summed E-state index contributed by atoms with van der Waals surface area (Å²) in [6, 6.07) is 18.6. The Morgan fingerprint density at radius 2 is 1.65 bits per heavy atom. The molecule has 1 aliphatic heterocycles. The molecule has 1 amide bonds. The van der Waals surface area contributed by atoms with Crippen LogP contribution in [0.3, 0.4) is 0 Å². The number of carbonyl (C=O) groups is 3. The van der Waals surface area contributed by atoms with Gasteiger partial charge < -0.3 is 19.5 Å². The van der Waals surface area contributed by atoms with Gasteiger partial charge in [-0.15, -0.1) is 0 Å². The van der Waals surface area contributed by atoms with Gasteiger partial charge >= 0.3 is 5.97 Å². The third kappa shape index (κ3) is 4.98. The van der Waals surface area contributed by atoms with E-state index in [0.717, 1.165) is 11.1 Å². The van der Waals surface area contributed by atoms with Crippen LogP contribution in [0.15, 0.2) is 72.3 Å². The minimum absolute atomic E-state index is 0.0343. The Kier molecular flexibility index (Phi) is 7.43. The molecule has 4 rings (SSSR count). The highest BCUT2D eigenvalue weighted by atomic mass is 16.5. The van der Waals surface area contributed by atoms with Gasteiger partial charge in [0.1, 0.15) is 11.5 Å². The normalized spacial score (nSPS) is 16.6. The lowest BCUT2D eigenvalue weighted by molar-refractivity contribution is -0.140. The van der Waals surface area contributed by atoms with E-state index in [1.807, 2.05) is 44.2 Å². The number of rotatable bonds is 7. The molecule has 0 bridgehead atoms. The van der Waals surface area contributed by atoms with Crippen molar-refractivity contribution < 1.29 is 29.0 Å². The van der Waals surface area contributed by atoms with E-state index in [4.69, 9.17) is 9.47 Å². The Bertz CT molecular complexity index is 1380. The van der Waals surface area contributed by atoms with Gasteiger partial charge in [0.2, 0.25) is 0 Å². The van der Waals surface area contributed by atoms with E-state index in [2.05, 4.69) is 0 Å². The second kappa shape index (κ2) is 10.7. The lowest BCUT2D eigenvalue weighted by atomic mass is 9.93. The van der Waals surface area contributed by atoms with Crippen molar-refractivity contribution in [1.82, 2.24) is 4.90 Å². The molecule has 37 heavy (non-hydrogen) atoms. The summed E-state index contributed by atoms with van der Waals surface area (Å²) in [4.78, 5) is 40.1. The maximum Gasteiger partial charge on any atom is 0.338 e. The molecule has 0 spiro atoms. The van der Waals surface area contributed by atoms with Crippen molar-refractivity contribution in [2.75, 3.05) is 13.7 Å². The molecule has 1 aliphatic rings. The second-order valence-electron chi connectivity index (χ2n) is 8.89. The van der Waals surface area contributed by atoms with Crippen LogP contribution in [-0.2, 0) is 20.9 Å². The average molecular weight is 500 g/mol. The summed E-state index contributed by atoms with van der Waals surface area (Å²) in [6.45, 7) is 5.79. The first-order chi connectivity index (χ1) is 17.8. The van der Waals surface area contributed by atoms with Gasteiger partial charge in [0.15, 0.2) is 0 Å². The first-order valence-electron chi connectivity index (χ1n) is 12.0. The van der Waals surface area contributed by atoms with Crippen LogP contribution in [0.1, 0.15) is 51.1 Å². The van der Waals surface area contributed by atoms with Gasteiger partial charge in [0.05, 0.1) is 30.9 Å². The van der Waals surface area contributed by atoms with E-state index < -0.39 is 23.7 Å². The zero-order valence-electron chi connectivity index (χ0n) is 21.3. The summed E-state index contributed by atoms with van der Waals surface area (Å²) >= 11 is 0. The molecule has 1 atom stereocenters. The number of hydrogen-bond donors (Lipinski definition) is 1. The molecule has 0 aromatic heterocycles. The Morgan fingerprint density at radius 1 is 0.973 bits per heavy atom. The van der Waals surface area contributed by atoms with Crippen molar-refractivity contribution in [2.45, 2.75) is 33.4 Å². The lowest BCUT2D eigenvalue weighted by Gasteiger charge is -2.25. The number of amides is 1. The van der Waals surface area contributed by atoms with Gasteiger partial charge in [-0.05, 0) is 67.3 Å². The first kappa shape index (κ1) is 25.7. The minimum atomic E-state index is -0.784. The molecule has 0 radical (unpaired) electrons. The van der Waals surface area contributed by atoms with E-state index in [0.29, 0.717) is 28.0 Å². The van der Waals surface area contributed by atoms with Crippen LogP contribution in [0.2, 0.25) is 0 Å². The van der Waals surface area contributed by atoms with Crippen molar-refractivity contribution in [3.05, 3.63) is 106 Å². The predicted molar refractivity (Wildman–Crippen MR) is 139 cm³/mol. The molecular formula is C30H29NO6. The van der Waals surface area contributed by atoms with Crippen LogP contribution < -0.4 is 4.74 Å². The number of Topliss-reactive ketones (excluding diaryl/α,β-unsaturated/α-hetero) is 1. The standard InChI is InChI=1S/C30H29NO6/c1-5-37-30(35)22-13-11-20(12-14-22)17-31-26(21-9-7-6-8-10-21)25(28(33)29(31)34)27(32)23-15-19(3)24(36-4)16-18(23)2/h6-16,26,32H,5,17H2,1-4H3/b27-25+. The maximum atomic E-state index is 13.3. The molecule has 7 heteroatoms. The highest BCUT2D eigenvalue weighted by Gasteiger charge is 2.46. The van der Waals surface area contributed by atoms with E-state index in [-0.39, 0.29) is 24.5 Å². The van der Waals surface area contributed by atoms with E-state index in [9.17, 15) is 19.5 Å². The molecule has 0 aliphatic carbocycles. The number of ether oxygens (including phenoxy) is 2. The Hall–Kier alpha value is -4.39. The number of aliphatic hydroxyl groups is 1. The largest absolute Gasteiger partial charge is 0.507 e. The predicted octanol–water partition coefficient (Wildman–Crippen LogP) is 5.11. The third-order valence-electron chi connectivity index (χ3n) is 6.47. The van der Waals surface area contributed by atoms with Gasteiger partial charge in [-0.3, -0.25) is 9.59 Å². The summed E-state index contributed by atoms with van der Waals surface area (Å²) in [6.07, 6.45) is 0. The molecule has 190 valence electrons. The highest BCUT2D eigenvalue weighted by Crippen LogP contribution is 2.41. The van der Waals surface area contributed by atoms with Crippen molar-refractivity contribution in [1.29, 1.82) is 0 Å². The van der Waals surface area contributed by atoms with E-state index in [1.165, 1.54) is 4.90 Å². The zero-order chi connectivity index (χ0) is 26.7. The number of ketones is 1. The third-order valence-corrected chi connectivity index (χ3v) is 6.47. The average Bonchev–Trinajstić information content (AvgIpc) is 3.15. The number of methoxy groups -OCH3 is 1. The minimum Gasteiger partial charge on any atom is -0.507 e. The number of hydrogen-bond acceptors (Lipinski definition) is 6. The monoisotopic (exact) mass is 499 g/mol. The fourth-order valence-corrected chi connectivity index (χ4v) is 4.59. The molecule has 3 aromatic carbocycles. The number of likely N-dealkylation sites (tertiary alicyclic amines) is 1. The number of aryl methyl sites for hydroxylation is 2. The molecule has 1 unspecified atom stereocenters. The Labute approximate surface area is 215 Å². The lowest BCUT2D eigenvalue weighted by Crippen LogP contribution is -2.29. The van der Waals surface area contributed by atoms with Crippen molar-refractivity contribution >= 4 is 23.4 Å². The summed E-state index contributed by atoms with van der Waals surface area (Å²) < 4.78 is 10.4. The molecule has 1 fully saturated rings. The number of benzene rings is 3. The molecule has 0 saturated carbocycles. The number of carbonyl (C=O) groups excluding carboxylic acids is 3. The van der Waals surface area contributed by atoms with E-state index in [1.54, 1.807) is 50.4 Å². The van der Waals surface area contributed by atoms with Gasteiger partial charge in [-0.2, -0.15) is 0 Å². The van der Waals surface area contributed by atoms with Gasteiger partial charge in [-0.1, -0.05) is 42.5 Å². The summed E-state index contributed by atoms with van der Waals surface area (Å²) in [5.74, 6) is -1.44. The molecule has 1 heterocycles. The fraction of sp³-hybridized carbons (Fsp3) is 0.233. The molecule has 1 N–H and O–H groups in total. The van der Waals surface area contributed by atoms with Gasteiger partial charge in [0.25, 0.3) is 11.7 Å². The topological polar surface area (TPSA) is 93.1 Å². The second-order valence-corrected chi connectivity index (χ2v) is 8.89. The van der Waals surface area contributed by atoms with Gasteiger partial charge in [0, 0.05) is 12.1 Å². The molecule has 7 nitrogen and oxygen atoms in total. The number of esters is 1. The zero-order valence-corrected chi connectivity index (χ0v) is 21.3. The maximum absolute atomic E-state index is 13.3. The fourth-order valence-electron chi connectivity index (χ4n) is 4.59. The van der Waals surface area contributed by atoms with Crippen molar-refractivity contribution in [3.63, 3.8) is 0 Å². The quantitative estimate of drug-likeness (QED) is 0.210. The van der Waals surface area contributed by atoms with Crippen LogP contribution in [0.5, 0.6) is 5.75 Å². The SMILES string of the molecule is CCOC(=O)c1ccc(CN2C(=O)C(=O)/C(=C(/O)c3cc(C)c(OC)cc3C)C2c2ccccc2)cc1. The van der Waals surface area contributed by atoms with Gasteiger partial charge in [-0.25, -0.2) is 4.79 Å². The van der Waals surface area contributed by atoms with Crippen molar-refractivity contribution in [3.8, 4) is 5.75 Å². The molecule has 3 aromatic rings. The molecular weight excluding hydrogens is 470 g/mol. The van der Waals surface area contributed by atoms with Crippen LogP contribution in [0.4, 0.5) is 0 Å². The Morgan fingerprint density at radius 3 is 2.27 bits per heavy atom. The highest BCUT2D eigenvalue weighted by molar-refractivity contribution is 6.46. The molecule has 1 saturated heterocycles. The van der Waals surface area contributed by atoms with Crippen LogP contribution in [0, 0.1) is 13.8 Å². The van der Waals surface area contributed by atoms with Crippen LogP contribution in [-0.4, -0.2) is 41.4 Å². The summed E-state index contributed by atoms with van der Waals surface area (Å²) in [5, 5.41) is 11.4. The van der Waals surface area contributed by atoms with E-state index >= 15 is 0 Å². The Balaban J connectivity index is 1.79. The summed E-state index contributed by atoms with van der Waals surface area (Å²) in [5.41, 5.74) is 3.84. The summed E-state index contributed by atoms with van der Waals surface area (Å²) in [7, 11) is 1.57. The first-order valence-corrected chi connectivity index (χ1v) is 12.0. The smallest absolute Gasteiger partial charge is 0.338 e. The van der Waals surface area contributed by atoms with Crippen LogP contribution >= 0.6 is 0 Å². The number of aliphatic hydroxyl groups excluding tert-OH is 1.